The fourth-order valence-electron chi connectivity index (χ4n) is 2.93. The maximum absolute atomic E-state index is 11.8. The normalized spacial score (nSPS) is 21.0. The van der Waals surface area contributed by atoms with Gasteiger partial charge < -0.3 is 15.4 Å². The minimum atomic E-state index is -0.449. The zero-order chi connectivity index (χ0) is 16.9. The highest BCUT2D eigenvalue weighted by molar-refractivity contribution is 7.98. The molecule has 1 aromatic carbocycles. The number of anilines is 1. The second-order valence-electron chi connectivity index (χ2n) is 7.06. The molecule has 2 N–H and O–H groups in total. The Kier molecular flexibility index (Phi) is 6.22. The van der Waals surface area contributed by atoms with Crippen LogP contribution in [0, 0.1) is 5.92 Å². The summed E-state index contributed by atoms with van der Waals surface area (Å²) >= 11 is 1.75. The van der Waals surface area contributed by atoms with Gasteiger partial charge in [-0.25, -0.2) is 4.79 Å². The highest BCUT2D eigenvalue weighted by Crippen LogP contribution is 2.29. The molecule has 1 saturated carbocycles. The van der Waals surface area contributed by atoms with Gasteiger partial charge in [0.1, 0.15) is 5.60 Å². The summed E-state index contributed by atoms with van der Waals surface area (Å²) in [4.78, 5) is 13.1. The Labute approximate surface area is 143 Å². The number of benzene rings is 1. The first-order chi connectivity index (χ1) is 10.9. The fraction of sp³-hybridized carbons (Fsp3) is 0.611. The minimum Gasteiger partial charge on any atom is -0.444 e. The van der Waals surface area contributed by atoms with Crippen LogP contribution in [0.15, 0.2) is 29.2 Å². The molecule has 1 aliphatic carbocycles. The van der Waals surface area contributed by atoms with Crippen LogP contribution >= 0.6 is 11.8 Å². The van der Waals surface area contributed by atoms with Crippen molar-refractivity contribution in [2.75, 3.05) is 18.1 Å². The maximum atomic E-state index is 11.8. The topological polar surface area (TPSA) is 50.4 Å². The smallest absolute Gasteiger partial charge is 0.407 e. The molecule has 0 saturated heterocycles. The summed E-state index contributed by atoms with van der Waals surface area (Å²) in [5, 5.41) is 6.55. The van der Waals surface area contributed by atoms with Crippen LogP contribution in [0.5, 0.6) is 0 Å². The van der Waals surface area contributed by atoms with E-state index in [1.807, 2.05) is 20.8 Å². The van der Waals surface area contributed by atoms with Gasteiger partial charge in [-0.05, 0) is 64.0 Å². The van der Waals surface area contributed by atoms with Gasteiger partial charge in [0.15, 0.2) is 0 Å². The lowest BCUT2D eigenvalue weighted by Gasteiger charge is -2.24. The van der Waals surface area contributed by atoms with E-state index in [0.29, 0.717) is 18.5 Å². The van der Waals surface area contributed by atoms with Crippen molar-refractivity contribution in [3.8, 4) is 0 Å². The predicted molar refractivity (Wildman–Crippen MR) is 97.2 cm³/mol. The Hall–Kier alpha value is -1.36. The molecule has 1 aromatic rings. The molecule has 1 aliphatic rings. The maximum Gasteiger partial charge on any atom is 0.407 e. The van der Waals surface area contributed by atoms with Crippen molar-refractivity contribution < 1.29 is 9.53 Å². The Morgan fingerprint density at radius 3 is 2.83 bits per heavy atom. The highest BCUT2D eigenvalue weighted by atomic mass is 32.2. The second kappa shape index (κ2) is 7.95. The van der Waals surface area contributed by atoms with E-state index in [4.69, 9.17) is 4.74 Å². The number of ether oxygens (including phenoxy) is 1. The van der Waals surface area contributed by atoms with Crippen molar-refractivity contribution in [3.05, 3.63) is 24.3 Å². The molecule has 0 spiro atoms. The summed E-state index contributed by atoms with van der Waals surface area (Å²) in [5.74, 6) is 0.445. The number of alkyl carbamates (subject to hydrolysis) is 1. The molecule has 0 aliphatic heterocycles. The first-order valence-electron chi connectivity index (χ1n) is 8.25. The summed E-state index contributed by atoms with van der Waals surface area (Å²) in [6.45, 7) is 6.30. The molecule has 2 rings (SSSR count). The molecule has 23 heavy (non-hydrogen) atoms. The van der Waals surface area contributed by atoms with Gasteiger partial charge >= 0.3 is 6.09 Å². The molecule has 128 valence electrons. The molecule has 1 amide bonds. The van der Waals surface area contributed by atoms with Crippen LogP contribution in [-0.2, 0) is 4.74 Å². The van der Waals surface area contributed by atoms with Crippen LogP contribution in [-0.4, -0.2) is 30.5 Å². The number of hydrogen-bond donors (Lipinski definition) is 2. The summed E-state index contributed by atoms with van der Waals surface area (Å²) in [7, 11) is 0. The third-order valence-electron chi connectivity index (χ3n) is 3.99. The zero-order valence-electron chi connectivity index (χ0n) is 14.5. The van der Waals surface area contributed by atoms with E-state index in [-0.39, 0.29) is 6.09 Å². The summed E-state index contributed by atoms with van der Waals surface area (Å²) in [6, 6.07) is 8.89. The third-order valence-corrected chi connectivity index (χ3v) is 4.71. The number of thioether (sulfide) groups is 1. The molecule has 2 atom stereocenters. The van der Waals surface area contributed by atoms with Crippen LogP contribution in [0.3, 0.4) is 0 Å². The molecule has 0 bridgehead atoms. The molecule has 4 nitrogen and oxygen atoms in total. The van der Waals surface area contributed by atoms with E-state index < -0.39 is 5.60 Å². The van der Waals surface area contributed by atoms with E-state index in [2.05, 4.69) is 41.2 Å². The minimum absolute atomic E-state index is 0.326. The second-order valence-corrected chi connectivity index (χ2v) is 7.94. The van der Waals surface area contributed by atoms with Crippen molar-refractivity contribution in [2.24, 2.45) is 5.92 Å². The lowest BCUT2D eigenvalue weighted by Crippen LogP contribution is -2.38. The molecule has 0 radical (unpaired) electrons. The van der Waals surface area contributed by atoms with Crippen LogP contribution < -0.4 is 10.6 Å². The predicted octanol–water partition coefficient (Wildman–Crippen LogP) is 4.51. The molecule has 1 fully saturated rings. The van der Waals surface area contributed by atoms with E-state index >= 15 is 0 Å². The number of nitrogens with one attached hydrogen (secondary N) is 2. The lowest BCUT2D eigenvalue weighted by molar-refractivity contribution is 0.0519. The zero-order valence-corrected chi connectivity index (χ0v) is 15.3. The van der Waals surface area contributed by atoms with Gasteiger partial charge in [0.05, 0.1) is 0 Å². The third kappa shape index (κ3) is 5.98. The quantitative estimate of drug-likeness (QED) is 0.777. The number of carbonyl (C=O) groups excluding carboxylic acids is 1. The van der Waals surface area contributed by atoms with Crippen molar-refractivity contribution >= 4 is 23.5 Å². The molecule has 0 aromatic heterocycles. The average molecular weight is 337 g/mol. The van der Waals surface area contributed by atoms with Crippen molar-refractivity contribution in [2.45, 2.75) is 56.6 Å². The summed E-state index contributed by atoms with van der Waals surface area (Å²) < 4.78 is 5.31. The van der Waals surface area contributed by atoms with Gasteiger partial charge in [-0.15, -0.1) is 11.8 Å². The Balaban J connectivity index is 1.86. The Morgan fingerprint density at radius 1 is 1.35 bits per heavy atom. The van der Waals surface area contributed by atoms with Gasteiger partial charge in [0.2, 0.25) is 0 Å². The van der Waals surface area contributed by atoms with E-state index in [1.54, 1.807) is 11.8 Å². The van der Waals surface area contributed by atoms with Crippen molar-refractivity contribution in [3.63, 3.8) is 0 Å². The summed E-state index contributed by atoms with van der Waals surface area (Å²) in [5.41, 5.74) is 0.710. The number of carbonyl (C=O) groups is 1. The fourth-order valence-corrected chi connectivity index (χ4v) is 3.39. The summed E-state index contributed by atoms with van der Waals surface area (Å²) in [6.07, 6.45) is 5.23. The number of rotatable bonds is 5. The van der Waals surface area contributed by atoms with E-state index in [9.17, 15) is 4.79 Å². The van der Waals surface area contributed by atoms with Crippen LogP contribution in [0.25, 0.3) is 0 Å². The first-order valence-corrected chi connectivity index (χ1v) is 9.47. The lowest BCUT2D eigenvalue weighted by atomic mass is 10.0. The van der Waals surface area contributed by atoms with Crippen molar-refractivity contribution in [1.29, 1.82) is 0 Å². The highest BCUT2D eigenvalue weighted by Gasteiger charge is 2.28. The largest absolute Gasteiger partial charge is 0.444 e. The van der Waals surface area contributed by atoms with Gasteiger partial charge in [-0.2, -0.15) is 0 Å². The SMILES string of the molecule is CSc1cccc(NC2CCCC2CNC(=O)OC(C)(C)C)c1. The molecular weight excluding hydrogens is 308 g/mol. The first kappa shape index (κ1) is 18.0. The molecule has 2 unspecified atom stereocenters. The standard InChI is InChI=1S/C18H28N2O2S/c1-18(2,3)22-17(21)19-12-13-7-5-10-16(13)20-14-8-6-9-15(11-14)23-4/h6,8-9,11,13,16,20H,5,7,10,12H2,1-4H3,(H,19,21). The number of hydrogen-bond acceptors (Lipinski definition) is 4. The van der Waals surface area contributed by atoms with E-state index in [1.165, 1.54) is 11.3 Å². The van der Waals surface area contributed by atoms with Gasteiger partial charge in [-0.1, -0.05) is 12.5 Å². The monoisotopic (exact) mass is 336 g/mol. The Morgan fingerprint density at radius 2 is 2.13 bits per heavy atom. The van der Waals surface area contributed by atoms with Crippen molar-refractivity contribution in [1.82, 2.24) is 5.32 Å². The van der Waals surface area contributed by atoms with Crippen LogP contribution in [0.4, 0.5) is 10.5 Å². The molecular formula is C18H28N2O2S. The molecule has 0 heterocycles. The van der Waals surface area contributed by atoms with Crippen LogP contribution in [0.1, 0.15) is 40.0 Å². The van der Waals surface area contributed by atoms with Gasteiger partial charge in [0, 0.05) is 23.2 Å². The van der Waals surface area contributed by atoms with Gasteiger partial charge in [-0.3, -0.25) is 0 Å². The number of amides is 1. The average Bonchev–Trinajstić information content (AvgIpc) is 2.91. The van der Waals surface area contributed by atoms with Crippen LogP contribution in [0.2, 0.25) is 0 Å². The van der Waals surface area contributed by atoms with Gasteiger partial charge in [0.25, 0.3) is 0 Å². The Bertz CT molecular complexity index is 528. The van der Waals surface area contributed by atoms with E-state index in [0.717, 1.165) is 18.5 Å². The molecule has 5 heteroatoms.